The van der Waals surface area contributed by atoms with Gasteiger partial charge in [-0.2, -0.15) is 0 Å². The summed E-state index contributed by atoms with van der Waals surface area (Å²) in [5, 5.41) is 2.84. The van der Waals surface area contributed by atoms with Gasteiger partial charge in [-0.25, -0.2) is 4.98 Å². The lowest BCUT2D eigenvalue weighted by atomic mass is 10.0. The molecule has 4 rings (SSSR count). The van der Waals surface area contributed by atoms with Crippen molar-refractivity contribution in [3.05, 3.63) is 84.6 Å². The third-order valence-electron chi connectivity index (χ3n) is 4.07. The number of aromatic amines is 1. The van der Waals surface area contributed by atoms with Crippen molar-refractivity contribution in [2.75, 3.05) is 5.75 Å². The standard InChI is InChI=1S/C21H16N2OS/c24-20(18-12-6-10-15-7-4-5-11-17(15)18)14-25-21-22-13-19(23-21)16-8-2-1-3-9-16/h1-13H,14H2,(H,22,23). The third-order valence-corrected chi connectivity index (χ3v) is 4.95. The van der Waals surface area contributed by atoms with Gasteiger partial charge in [-0.15, -0.1) is 0 Å². The Morgan fingerprint density at radius 1 is 0.920 bits per heavy atom. The number of nitrogens with zero attached hydrogens (tertiary/aromatic N) is 1. The fourth-order valence-corrected chi connectivity index (χ4v) is 3.55. The second kappa shape index (κ2) is 6.95. The van der Waals surface area contributed by atoms with Gasteiger partial charge in [0.15, 0.2) is 10.9 Å². The van der Waals surface area contributed by atoms with Gasteiger partial charge in [0, 0.05) is 5.56 Å². The summed E-state index contributed by atoms with van der Waals surface area (Å²) in [6, 6.07) is 23.8. The molecule has 0 unspecified atom stereocenters. The summed E-state index contributed by atoms with van der Waals surface area (Å²) < 4.78 is 0. The topological polar surface area (TPSA) is 45.8 Å². The number of aromatic nitrogens is 2. The summed E-state index contributed by atoms with van der Waals surface area (Å²) in [5.41, 5.74) is 2.81. The van der Waals surface area contributed by atoms with Crippen LogP contribution in [0.1, 0.15) is 10.4 Å². The number of rotatable bonds is 5. The van der Waals surface area contributed by atoms with E-state index < -0.39 is 0 Å². The van der Waals surface area contributed by atoms with Crippen molar-refractivity contribution in [3.8, 4) is 11.3 Å². The lowest BCUT2D eigenvalue weighted by Crippen LogP contribution is -2.03. The molecule has 1 aromatic heterocycles. The Morgan fingerprint density at radius 2 is 1.68 bits per heavy atom. The summed E-state index contributed by atoms with van der Waals surface area (Å²) in [6.07, 6.45) is 1.81. The zero-order chi connectivity index (χ0) is 17.1. The first kappa shape index (κ1) is 15.7. The van der Waals surface area contributed by atoms with Crippen LogP contribution in [0.15, 0.2) is 84.1 Å². The fourth-order valence-electron chi connectivity index (χ4n) is 2.82. The molecule has 0 aliphatic carbocycles. The van der Waals surface area contributed by atoms with Crippen LogP contribution in [0.4, 0.5) is 0 Å². The van der Waals surface area contributed by atoms with E-state index in [4.69, 9.17) is 0 Å². The maximum absolute atomic E-state index is 12.6. The van der Waals surface area contributed by atoms with E-state index in [0.717, 1.165) is 32.7 Å². The second-order valence-corrected chi connectivity index (χ2v) is 6.67. The van der Waals surface area contributed by atoms with Crippen molar-refractivity contribution in [3.63, 3.8) is 0 Å². The minimum atomic E-state index is 0.111. The molecule has 0 aliphatic rings. The van der Waals surface area contributed by atoms with Crippen molar-refractivity contribution in [2.45, 2.75) is 5.16 Å². The van der Waals surface area contributed by atoms with E-state index in [-0.39, 0.29) is 5.78 Å². The van der Waals surface area contributed by atoms with Crippen LogP contribution in [-0.2, 0) is 0 Å². The van der Waals surface area contributed by atoms with Gasteiger partial charge < -0.3 is 4.98 Å². The maximum Gasteiger partial charge on any atom is 0.173 e. The molecular formula is C21H16N2OS. The smallest absolute Gasteiger partial charge is 0.173 e. The average molecular weight is 344 g/mol. The molecule has 25 heavy (non-hydrogen) atoms. The number of thioether (sulfide) groups is 1. The van der Waals surface area contributed by atoms with Gasteiger partial charge >= 0.3 is 0 Å². The SMILES string of the molecule is O=C(CSc1ncc(-c2ccccc2)[nH]1)c1cccc2ccccc12. The van der Waals surface area contributed by atoms with Crippen molar-refractivity contribution in [2.24, 2.45) is 0 Å². The van der Waals surface area contributed by atoms with E-state index in [0.29, 0.717) is 5.75 Å². The summed E-state index contributed by atoms with van der Waals surface area (Å²) >= 11 is 1.43. The molecule has 0 atom stereocenters. The predicted octanol–water partition coefficient (Wildman–Crippen LogP) is 5.20. The molecule has 1 heterocycles. The number of hydrogen-bond acceptors (Lipinski definition) is 3. The molecule has 1 N–H and O–H groups in total. The van der Waals surface area contributed by atoms with Gasteiger partial charge in [-0.1, -0.05) is 84.6 Å². The van der Waals surface area contributed by atoms with Crippen LogP contribution in [0.3, 0.4) is 0 Å². The molecule has 122 valence electrons. The van der Waals surface area contributed by atoms with Gasteiger partial charge in [0.1, 0.15) is 0 Å². The Kier molecular flexibility index (Phi) is 4.36. The molecule has 0 fully saturated rings. The van der Waals surface area contributed by atoms with Gasteiger partial charge in [-0.05, 0) is 16.3 Å². The highest BCUT2D eigenvalue weighted by Crippen LogP contribution is 2.24. The minimum Gasteiger partial charge on any atom is -0.333 e. The van der Waals surface area contributed by atoms with Gasteiger partial charge in [0.2, 0.25) is 0 Å². The van der Waals surface area contributed by atoms with Crippen LogP contribution in [0.2, 0.25) is 0 Å². The van der Waals surface area contributed by atoms with Crippen LogP contribution in [0.25, 0.3) is 22.0 Å². The predicted molar refractivity (Wildman–Crippen MR) is 103 cm³/mol. The number of nitrogens with one attached hydrogen (secondary N) is 1. The van der Waals surface area contributed by atoms with Crippen molar-refractivity contribution < 1.29 is 4.79 Å². The van der Waals surface area contributed by atoms with Crippen LogP contribution in [0, 0.1) is 0 Å². The Bertz CT molecular complexity index is 1020. The van der Waals surface area contributed by atoms with Gasteiger partial charge in [-0.3, -0.25) is 4.79 Å². The highest BCUT2D eigenvalue weighted by atomic mass is 32.2. The van der Waals surface area contributed by atoms with E-state index in [2.05, 4.69) is 9.97 Å². The summed E-state index contributed by atoms with van der Waals surface area (Å²) in [7, 11) is 0. The molecule has 0 spiro atoms. The van der Waals surface area contributed by atoms with E-state index in [1.54, 1.807) is 6.20 Å². The van der Waals surface area contributed by atoms with Crippen molar-refractivity contribution in [1.29, 1.82) is 0 Å². The molecule has 4 aromatic rings. The number of benzene rings is 3. The zero-order valence-electron chi connectivity index (χ0n) is 13.5. The van der Waals surface area contributed by atoms with E-state index >= 15 is 0 Å². The first-order valence-electron chi connectivity index (χ1n) is 8.05. The lowest BCUT2D eigenvalue weighted by molar-refractivity contribution is 0.102. The minimum absolute atomic E-state index is 0.111. The number of carbonyl (C=O) groups is 1. The largest absolute Gasteiger partial charge is 0.333 e. The molecular weight excluding hydrogens is 328 g/mol. The second-order valence-electron chi connectivity index (χ2n) is 5.71. The molecule has 3 aromatic carbocycles. The monoisotopic (exact) mass is 344 g/mol. The molecule has 0 saturated heterocycles. The maximum atomic E-state index is 12.6. The molecule has 0 saturated carbocycles. The number of ketones is 1. The Morgan fingerprint density at radius 3 is 2.56 bits per heavy atom. The van der Waals surface area contributed by atoms with E-state index in [1.165, 1.54) is 11.8 Å². The van der Waals surface area contributed by atoms with Crippen molar-refractivity contribution in [1.82, 2.24) is 9.97 Å². The Labute approximate surface area is 150 Å². The average Bonchev–Trinajstić information content (AvgIpc) is 3.15. The number of fused-ring (bicyclic) bond motifs is 1. The van der Waals surface area contributed by atoms with E-state index in [1.807, 2.05) is 72.8 Å². The normalized spacial score (nSPS) is 10.9. The third kappa shape index (κ3) is 3.35. The highest BCUT2D eigenvalue weighted by Gasteiger charge is 2.12. The van der Waals surface area contributed by atoms with E-state index in [9.17, 15) is 4.79 Å². The Hall–Kier alpha value is -2.85. The molecule has 0 aliphatic heterocycles. The zero-order valence-corrected chi connectivity index (χ0v) is 14.3. The summed E-state index contributed by atoms with van der Waals surface area (Å²) in [4.78, 5) is 20.3. The number of imidazole rings is 1. The van der Waals surface area contributed by atoms with Gasteiger partial charge in [0.05, 0.1) is 17.6 Å². The first-order chi connectivity index (χ1) is 12.3. The molecule has 0 radical (unpaired) electrons. The van der Waals surface area contributed by atoms with Crippen LogP contribution in [-0.4, -0.2) is 21.5 Å². The van der Waals surface area contributed by atoms with Crippen molar-refractivity contribution >= 4 is 28.3 Å². The quantitative estimate of drug-likeness (QED) is 0.399. The number of carbonyl (C=O) groups excluding carboxylic acids is 1. The molecule has 4 heteroatoms. The van der Waals surface area contributed by atoms with Crippen LogP contribution >= 0.6 is 11.8 Å². The molecule has 3 nitrogen and oxygen atoms in total. The number of Topliss-reactive ketones (excluding diaryl/α,β-unsaturated/α-hetero) is 1. The highest BCUT2D eigenvalue weighted by molar-refractivity contribution is 7.99. The lowest BCUT2D eigenvalue weighted by Gasteiger charge is -2.05. The Balaban J connectivity index is 1.50. The first-order valence-corrected chi connectivity index (χ1v) is 9.04. The summed E-state index contributed by atoms with van der Waals surface area (Å²) in [6.45, 7) is 0. The number of H-pyrrole nitrogens is 1. The van der Waals surface area contributed by atoms with Crippen LogP contribution < -0.4 is 0 Å². The molecule has 0 bridgehead atoms. The fraction of sp³-hybridized carbons (Fsp3) is 0.0476. The summed E-state index contributed by atoms with van der Waals surface area (Å²) in [5.74, 6) is 0.468. The van der Waals surface area contributed by atoms with Crippen LogP contribution in [0.5, 0.6) is 0 Å². The molecule has 0 amide bonds. The van der Waals surface area contributed by atoms with Gasteiger partial charge in [0.25, 0.3) is 0 Å². The number of hydrogen-bond donors (Lipinski definition) is 1.